The number of pyridine rings is 1. The molecule has 4 aromatic rings. The van der Waals surface area contributed by atoms with Crippen LogP contribution in [0.4, 0.5) is 15.9 Å². The third-order valence-corrected chi connectivity index (χ3v) is 6.27. The van der Waals surface area contributed by atoms with E-state index in [1.165, 1.54) is 11.6 Å². The molecule has 180 valence electrons. The molecule has 1 fully saturated rings. The topological polar surface area (TPSA) is 70.3 Å². The number of nitrogens with zero attached hydrogens (tertiary/aromatic N) is 5. The summed E-state index contributed by atoms with van der Waals surface area (Å²) in [4.78, 5) is 13.5. The Bertz CT molecular complexity index is 1230. The second-order valence-corrected chi connectivity index (χ2v) is 8.78. The van der Waals surface area contributed by atoms with Crippen molar-refractivity contribution in [3.8, 4) is 22.8 Å². The summed E-state index contributed by atoms with van der Waals surface area (Å²) in [6.07, 6.45) is 2.75. The van der Waals surface area contributed by atoms with E-state index in [0.29, 0.717) is 17.4 Å². The lowest BCUT2D eigenvalue weighted by molar-refractivity contribution is 0.256. The van der Waals surface area contributed by atoms with Crippen LogP contribution in [-0.2, 0) is 0 Å². The molecule has 0 aliphatic carbocycles. The van der Waals surface area contributed by atoms with E-state index >= 15 is 0 Å². The molecule has 0 atom stereocenters. The number of piperazine rings is 1. The zero-order valence-electron chi connectivity index (χ0n) is 19.8. The number of anilines is 2. The normalized spacial score (nSPS) is 14.3. The highest BCUT2D eigenvalue weighted by molar-refractivity contribution is 5.60. The Labute approximate surface area is 204 Å². The van der Waals surface area contributed by atoms with Crippen LogP contribution in [0.1, 0.15) is 12.0 Å². The lowest BCUT2D eigenvalue weighted by Crippen LogP contribution is -2.47. The number of halogens is 1. The molecule has 0 unspecified atom stereocenters. The summed E-state index contributed by atoms with van der Waals surface area (Å²) in [5, 5.41) is 7.47. The van der Waals surface area contributed by atoms with E-state index < -0.39 is 0 Å². The van der Waals surface area contributed by atoms with Crippen molar-refractivity contribution in [2.24, 2.45) is 0 Å². The van der Waals surface area contributed by atoms with Gasteiger partial charge in [-0.15, -0.1) is 0 Å². The number of aromatic nitrogens is 3. The van der Waals surface area contributed by atoms with Gasteiger partial charge in [0.05, 0.1) is 11.3 Å². The Morgan fingerprint density at radius 1 is 0.943 bits per heavy atom. The molecule has 0 radical (unpaired) electrons. The molecule has 0 amide bonds. The Morgan fingerprint density at radius 3 is 2.46 bits per heavy atom. The van der Waals surface area contributed by atoms with Gasteiger partial charge >= 0.3 is 0 Å². The predicted octanol–water partition coefficient (Wildman–Crippen LogP) is 4.87. The van der Waals surface area contributed by atoms with Crippen molar-refractivity contribution in [3.63, 3.8) is 0 Å². The van der Waals surface area contributed by atoms with Crippen molar-refractivity contribution >= 4 is 11.5 Å². The van der Waals surface area contributed by atoms with Crippen LogP contribution in [-0.4, -0.2) is 59.3 Å². The summed E-state index contributed by atoms with van der Waals surface area (Å²) in [6.45, 7) is 7.45. The molecule has 3 heterocycles. The first kappa shape index (κ1) is 23.0. The fraction of sp³-hybridized carbons (Fsp3) is 0.296. The van der Waals surface area contributed by atoms with Gasteiger partial charge in [-0.25, -0.2) is 9.37 Å². The highest BCUT2D eigenvalue weighted by Gasteiger charge is 2.18. The van der Waals surface area contributed by atoms with E-state index in [4.69, 9.17) is 4.52 Å². The molecule has 8 heteroatoms. The van der Waals surface area contributed by atoms with Gasteiger partial charge in [0.1, 0.15) is 11.6 Å². The minimum Gasteiger partial charge on any atom is -0.370 e. The maximum Gasteiger partial charge on any atom is 0.259 e. The molecular weight excluding hydrogens is 443 g/mol. The largest absolute Gasteiger partial charge is 0.370 e. The molecule has 0 spiro atoms. The standard InChI is InChI=1S/C27H29FN6O/c1-20-7-9-21(10-8-20)26-31-27(35-32-26)22-11-12-25(30-19-22)29-13-4-14-33-15-17-34(18-16-33)24-6-3-2-5-23(24)28/h2-3,5-12,19H,4,13-18H2,1H3,(H,29,30). The van der Waals surface area contributed by atoms with Gasteiger partial charge in [-0.2, -0.15) is 4.98 Å². The van der Waals surface area contributed by atoms with Crippen LogP contribution in [0.3, 0.4) is 0 Å². The summed E-state index contributed by atoms with van der Waals surface area (Å²) in [5.41, 5.74) is 3.60. The van der Waals surface area contributed by atoms with Crippen molar-refractivity contribution in [2.75, 3.05) is 49.5 Å². The van der Waals surface area contributed by atoms with Gasteiger partial charge in [0, 0.05) is 44.5 Å². The number of benzene rings is 2. The van der Waals surface area contributed by atoms with Crippen molar-refractivity contribution < 1.29 is 8.91 Å². The smallest absolute Gasteiger partial charge is 0.259 e. The molecule has 1 N–H and O–H groups in total. The zero-order valence-corrected chi connectivity index (χ0v) is 19.8. The van der Waals surface area contributed by atoms with Gasteiger partial charge in [0.15, 0.2) is 0 Å². The van der Waals surface area contributed by atoms with Crippen molar-refractivity contribution in [3.05, 3.63) is 78.2 Å². The maximum absolute atomic E-state index is 14.0. The van der Waals surface area contributed by atoms with E-state index in [2.05, 4.69) is 30.2 Å². The summed E-state index contributed by atoms with van der Waals surface area (Å²) in [6, 6.07) is 18.9. The number of hydrogen-bond acceptors (Lipinski definition) is 7. The van der Waals surface area contributed by atoms with Crippen LogP contribution >= 0.6 is 0 Å². The molecule has 1 saturated heterocycles. The first-order valence-corrected chi connectivity index (χ1v) is 12.0. The Morgan fingerprint density at radius 2 is 1.71 bits per heavy atom. The molecule has 35 heavy (non-hydrogen) atoms. The summed E-state index contributed by atoms with van der Waals surface area (Å²) in [5.74, 6) is 1.69. The van der Waals surface area contributed by atoms with Crippen LogP contribution in [0.5, 0.6) is 0 Å². The van der Waals surface area contributed by atoms with Gasteiger partial charge in [0.2, 0.25) is 5.82 Å². The van der Waals surface area contributed by atoms with Gasteiger partial charge in [-0.3, -0.25) is 4.90 Å². The lowest BCUT2D eigenvalue weighted by Gasteiger charge is -2.36. The number of para-hydroxylation sites is 1. The van der Waals surface area contributed by atoms with Crippen molar-refractivity contribution in [2.45, 2.75) is 13.3 Å². The van der Waals surface area contributed by atoms with Crippen LogP contribution in [0.25, 0.3) is 22.8 Å². The second-order valence-electron chi connectivity index (χ2n) is 8.78. The minimum atomic E-state index is -0.144. The molecule has 5 rings (SSSR count). The molecule has 0 saturated carbocycles. The second kappa shape index (κ2) is 10.7. The molecule has 2 aromatic carbocycles. The van der Waals surface area contributed by atoms with Crippen molar-refractivity contribution in [1.29, 1.82) is 0 Å². The average molecular weight is 473 g/mol. The van der Waals surface area contributed by atoms with Crippen molar-refractivity contribution in [1.82, 2.24) is 20.0 Å². The molecular formula is C27H29FN6O. The third kappa shape index (κ3) is 5.66. The first-order valence-electron chi connectivity index (χ1n) is 12.0. The zero-order chi connectivity index (χ0) is 24.0. The molecule has 2 aromatic heterocycles. The van der Waals surface area contributed by atoms with Gasteiger partial charge < -0.3 is 14.7 Å². The van der Waals surface area contributed by atoms with E-state index in [1.807, 2.05) is 55.5 Å². The number of nitrogens with one attached hydrogen (secondary N) is 1. The number of rotatable bonds is 8. The number of aryl methyl sites for hydroxylation is 1. The quantitative estimate of drug-likeness (QED) is 0.367. The van der Waals surface area contributed by atoms with Gasteiger partial charge in [-0.1, -0.05) is 47.1 Å². The third-order valence-electron chi connectivity index (χ3n) is 6.27. The minimum absolute atomic E-state index is 0.144. The van der Waals surface area contributed by atoms with Crippen LogP contribution in [0.15, 0.2) is 71.4 Å². The summed E-state index contributed by atoms with van der Waals surface area (Å²) in [7, 11) is 0. The SMILES string of the molecule is Cc1ccc(-c2noc(-c3ccc(NCCCN4CCN(c5ccccc5F)CC4)nc3)n2)cc1. The highest BCUT2D eigenvalue weighted by atomic mass is 19.1. The van der Waals surface area contributed by atoms with Crippen LogP contribution in [0, 0.1) is 12.7 Å². The van der Waals surface area contributed by atoms with Gasteiger partial charge in [-0.05, 0) is 44.2 Å². The predicted molar refractivity (Wildman–Crippen MR) is 136 cm³/mol. The van der Waals surface area contributed by atoms with Gasteiger partial charge in [0.25, 0.3) is 5.89 Å². The molecule has 0 bridgehead atoms. The Kier molecular flexibility index (Phi) is 6.99. The molecule has 1 aliphatic heterocycles. The summed E-state index contributed by atoms with van der Waals surface area (Å²) < 4.78 is 19.4. The molecule has 7 nitrogen and oxygen atoms in total. The fourth-order valence-electron chi connectivity index (χ4n) is 4.23. The lowest BCUT2D eigenvalue weighted by atomic mass is 10.1. The Balaban J connectivity index is 1.06. The fourth-order valence-corrected chi connectivity index (χ4v) is 4.23. The van der Waals surface area contributed by atoms with E-state index in [-0.39, 0.29) is 5.82 Å². The average Bonchev–Trinajstić information content (AvgIpc) is 3.39. The number of hydrogen-bond donors (Lipinski definition) is 1. The van der Waals surface area contributed by atoms with Crippen LogP contribution < -0.4 is 10.2 Å². The maximum atomic E-state index is 14.0. The molecule has 1 aliphatic rings. The van der Waals surface area contributed by atoms with E-state index in [9.17, 15) is 4.39 Å². The first-order chi connectivity index (χ1) is 17.2. The van der Waals surface area contributed by atoms with E-state index in [1.54, 1.807) is 12.3 Å². The van der Waals surface area contributed by atoms with E-state index in [0.717, 1.165) is 62.6 Å². The summed E-state index contributed by atoms with van der Waals surface area (Å²) >= 11 is 0. The Hall–Kier alpha value is -3.78. The van der Waals surface area contributed by atoms with Crippen LogP contribution in [0.2, 0.25) is 0 Å². The highest BCUT2D eigenvalue weighted by Crippen LogP contribution is 2.23. The monoisotopic (exact) mass is 472 g/mol.